The van der Waals surface area contributed by atoms with E-state index >= 15 is 0 Å². The Balaban J connectivity index is 1.55. The van der Waals surface area contributed by atoms with Crippen LogP contribution in [0.1, 0.15) is 100 Å². The zero-order valence-corrected chi connectivity index (χ0v) is 30.2. The molecule has 2 bridgehead atoms. The van der Waals surface area contributed by atoms with Crippen molar-refractivity contribution in [2.45, 2.75) is 95.8 Å². The Morgan fingerprint density at radius 3 is 2.64 bits per heavy atom. The van der Waals surface area contributed by atoms with Crippen molar-refractivity contribution in [2.24, 2.45) is 17.8 Å². The molecule has 2 aromatic carbocycles. The summed E-state index contributed by atoms with van der Waals surface area (Å²) in [6.45, 7) is 10.4. The molecule has 2 aliphatic heterocycles. The molecule has 0 aromatic heterocycles. The van der Waals surface area contributed by atoms with Gasteiger partial charge in [0.2, 0.25) is 5.91 Å². The van der Waals surface area contributed by atoms with Crippen molar-refractivity contribution in [3.8, 4) is 5.75 Å². The quantitative estimate of drug-likeness (QED) is 0.360. The summed E-state index contributed by atoms with van der Waals surface area (Å²) in [5, 5.41) is 12.8. The minimum Gasteiger partial charge on any atom is -0.491 e. The summed E-state index contributed by atoms with van der Waals surface area (Å²) in [5.74, 6) is 0.537. The topological polar surface area (TPSA) is 99.2 Å². The highest BCUT2D eigenvalue weighted by Gasteiger charge is 2.48. The number of nitrogens with one attached hydrogen (secondary N) is 1. The number of aliphatic hydroxyl groups is 1. The summed E-state index contributed by atoms with van der Waals surface area (Å²) in [5.41, 5.74) is 2.55. The Morgan fingerprint density at radius 2 is 1.94 bits per heavy atom. The number of fused-ring (bicyclic) bond motifs is 2. The van der Waals surface area contributed by atoms with Gasteiger partial charge in [-0.1, -0.05) is 44.4 Å². The molecule has 258 valence electrons. The fraction of sp³-hybridized carbons (Fsp3) is 0.622. The van der Waals surface area contributed by atoms with E-state index in [1.165, 1.54) is 11.1 Å². The average Bonchev–Trinajstić information content (AvgIpc) is 3.20. The van der Waals surface area contributed by atoms with Gasteiger partial charge in [-0.3, -0.25) is 14.3 Å². The highest BCUT2D eigenvalue weighted by molar-refractivity contribution is 7.84. The molecule has 2 heterocycles. The Bertz CT molecular complexity index is 1470. The summed E-state index contributed by atoms with van der Waals surface area (Å²) in [7, 11) is 0.208. The van der Waals surface area contributed by atoms with E-state index in [4.69, 9.17) is 16.3 Å². The van der Waals surface area contributed by atoms with E-state index in [9.17, 15) is 18.9 Å². The van der Waals surface area contributed by atoms with Crippen LogP contribution in [0, 0.1) is 17.8 Å². The van der Waals surface area contributed by atoms with Crippen molar-refractivity contribution in [3.05, 3.63) is 58.1 Å². The SMILES string of the molecule is CCCc1cc(Cl)ccc1C1COc2ccc3cc2N(C1)CC1CCC1C(O)(CC(=O)N(C)CC)CCCC(C)C(C)S(=O)NC3=O. The first kappa shape index (κ1) is 35.7. The molecule has 7 atom stereocenters. The highest BCUT2D eigenvalue weighted by Crippen LogP contribution is 2.48. The fourth-order valence-corrected chi connectivity index (χ4v) is 8.87. The summed E-state index contributed by atoms with van der Waals surface area (Å²) >= 11 is 6.43. The molecule has 5 rings (SSSR count). The van der Waals surface area contributed by atoms with Crippen LogP contribution in [0.4, 0.5) is 5.69 Å². The second-order valence-electron chi connectivity index (χ2n) is 14.1. The van der Waals surface area contributed by atoms with E-state index in [-0.39, 0.29) is 47.2 Å². The number of amides is 2. The smallest absolute Gasteiger partial charge is 0.263 e. The van der Waals surface area contributed by atoms with E-state index in [1.807, 2.05) is 39.0 Å². The lowest BCUT2D eigenvalue weighted by atomic mass is 9.62. The lowest BCUT2D eigenvalue weighted by molar-refractivity contribution is -0.144. The zero-order chi connectivity index (χ0) is 33.9. The molecule has 0 spiro atoms. The van der Waals surface area contributed by atoms with Crippen molar-refractivity contribution in [2.75, 3.05) is 38.2 Å². The molecule has 3 aliphatic rings. The van der Waals surface area contributed by atoms with E-state index in [2.05, 4.69) is 28.7 Å². The van der Waals surface area contributed by atoms with Gasteiger partial charge in [0.05, 0.1) is 29.6 Å². The molecule has 0 radical (unpaired) electrons. The fourth-order valence-electron chi connectivity index (χ4n) is 7.63. The lowest BCUT2D eigenvalue weighted by Crippen LogP contribution is -2.53. The van der Waals surface area contributed by atoms with Crippen molar-refractivity contribution >= 4 is 40.1 Å². The van der Waals surface area contributed by atoms with Crippen LogP contribution in [-0.4, -0.2) is 70.2 Å². The number of ether oxygens (including phenoxy) is 1. The number of aryl methyl sites for hydroxylation is 1. The zero-order valence-electron chi connectivity index (χ0n) is 28.6. The van der Waals surface area contributed by atoms with Gasteiger partial charge in [0.1, 0.15) is 16.7 Å². The van der Waals surface area contributed by atoms with Gasteiger partial charge in [-0.15, -0.1) is 0 Å². The average molecular weight is 686 g/mol. The Kier molecular flexibility index (Phi) is 11.6. The first-order valence-corrected chi connectivity index (χ1v) is 19.0. The van der Waals surface area contributed by atoms with Crippen LogP contribution in [0.25, 0.3) is 0 Å². The van der Waals surface area contributed by atoms with Crippen LogP contribution in [-0.2, 0) is 22.2 Å². The minimum absolute atomic E-state index is 0.0322. The van der Waals surface area contributed by atoms with Crippen LogP contribution in [0.5, 0.6) is 5.75 Å². The van der Waals surface area contributed by atoms with Crippen LogP contribution in [0.2, 0.25) is 5.02 Å². The second-order valence-corrected chi connectivity index (χ2v) is 16.1. The van der Waals surface area contributed by atoms with Crippen LogP contribution < -0.4 is 14.4 Å². The number of nitrogens with zero attached hydrogens (tertiary/aromatic N) is 2. The van der Waals surface area contributed by atoms with Gasteiger partial charge in [-0.2, -0.15) is 0 Å². The maximum atomic E-state index is 13.4. The van der Waals surface area contributed by atoms with E-state index in [0.29, 0.717) is 50.4 Å². The maximum absolute atomic E-state index is 13.4. The third kappa shape index (κ3) is 8.00. The van der Waals surface area contributed by atoms with Gasteiger partial charge in [-0.25, -0.2) is 4.21 Å². The molecule has 2 aromatic rings. The monoisotopic (exact) mass is 685 g/mol. The summed E-state index contributed by atoms with van der Waals surface area (Å²) in [4.78, 5) is 30.7. The molecule has 47 heavy (non-hydrogen) atoms. The largest absolute Gasteiger partial charge is 0.491 e. The Morgan fingerprint density at radius 1 is 1.15 bits per heavy atom. The van der Waals surface area contributed by atoms with Gasteiger partial charge < -0.3 is 19.6 Å². The number of benzene rings is 2. The maximum Gasteiger partial charge on any atom is 0.263 e. The molecule has 2 amide bonds. The predicted octanol–water partition coefficient (Wildman–Crippen LogP) is 6.50. The number of carbonyl (C=O) groups excluding carboxylic acids is 2. The second kappa shape index (κ2) is 15.3. The van der Waals surface area contributed by atoms with Crippen molar-refractivity contribution in [3.63, 3.8) is 0 Å². The van der Waals surface area contributed by atoms with Gasteiger partial charge in [0, 0.05) is 43.2 Å². The molecule has 1 saturated carbocycles. The number of hydrogen-bond donors (Lipinski definition) is 2. The molecule has 0 saturated heterocycles. The molecule has 8 nitrogen and oxygen atoms in total. The number of carbonyl (C=O) groups is 2. The molecular formula is C37H52ClN3O5S. The van der Waals surface area contributed by atoms with Gasteiger partial charge in [0.25, 0.3) is 5.91 Å². The highest BCUT2D eigenvalue weighted by atomic mass is 35.5. The number of anilines is 1. The molecule has 1 fully saturated rings. The normalized spacial score (nSPS) is 29.9. The third-order valence-electron chi connectivity index (χ3n) is 11.0. The molecule has 7 unspecified atom stereocenters. The van der Waals surface area contributed by atoms with Crippen LogP contribution in [0.15, 0.2) is 36.4 Å². The number of halogens is 1. The minimum atomic E-state index is -1.59. The van der Waals surface area contributed by atoms with Gasteiger partial charge >= 0.3 is 0 Å². The van der Waals surface area contributed by atoms with Crippen LogP contribution >= 0.6 is 11.6 Å². The molecule has 10 heteroatoms. The predicted molar refractivity (Wildman–Crippen MR) is 190 cm³/mol. The van der Waals surface area contributed by atoms with E-state index in [1.54, 1.807) is 18.0 Å². The summed E-state index contributed by atoms with van der Waals surface area (Å²) in [6, 6.07) is 11.6. The lowest BCUT2D eigenvalue weighted by Gasteiger charge is -2.49. The summed E-state index contributed by atoms with van der Waals surface area (Å²) in [6.07, 6.45) is 5.78. The Hall–Kier alpha value is -2.62. The first-order valence-electron chi connectivity index (χ1n) is 17.4. The standard InChI is InChI=1S/C37H52ClN3O5S/c1-6-9-26-18-30(38)13-14-31(26)29-22-41-21-28-11-15-32(28)37(44,20-35(42)40(5)7-2)17-8-10-24(3)25(4)47(45)39-36(43)27-12-16-34(46-23-29)33(41)19-27/h12-14,16,18-19,24-25,28-29,32,44H,6-11,15,17,20-23H2,1-5H3,(H,39,43). The van der Waals surface area contributed by atoms with E-state index in [0.717, 1.165) is 42.8 Å². The molecule has 1 aliphatic carbocycles. The van der Waals surface area contributed by atoms with Crippen molar-refractivity contribution in [1.82, 2.24) is 9.62 Å². The van der Waals surface area contributed by atoms with Gasteiger partial charge in [-0.05, 0) is 105 Å². The van der Waals surface area contributed by atoms with Crippen LogP contribution in [0.3, 0.4) is 0 Å². The van der Waals surface area contributed by atoms with Crippen molar-refractivity contribution < 1.29 is 23.6 Å². The first-order chi connectivity index (χ1) is 22.4. The summed E-state index contributed by atoms with van der Waals surface area (Å²) < 4.78 is 22.5. The van der Waals surface area contributed by atoms with E-state index < -0.39 is 16.6 Å². The molecular weight excluding hydrogens is 634 g/mol. The van der Waals surface area contributed by atoms with Crippen molar-refractivity contribution in [1.29, 1.82) is 0 Å². The number of rotatable bonds is 6. The Labute approximate surface area is 288 Å². The van der Waals surface area contributed by atoms with Gasteiger partial charge in [0.15, 0.2) is 0 Å². The third-order valence-corrected chi connectivity index (χ3v) is 12.8. The molecule has 2 N–H and O–H groups in total. The number of hydrogen-bond acceptors (Lipinski definition) is 6.